The molecule has 1 fully saturated rings. The van der Waals surface area contributed by atoms with Gasteiger partial charge in [0.25, 0.3) is 5.91 Å². The summed E-state index contributed by atoms with van der Waals surface area (Å²) in [6.45, 7) is -0.558. The third kappa shape index (κ3) is 5.25. The van der Waals surface area contributed by atoms with Crippen LogP contribution in [0.2, 0.25) is 0 Å². The van der Waals surface area contributed by atoms with Gasteiger partial charge in [0.1, 0.15) is 23.4 Å². The average Bonchev–Trinajstić information content (AvgIpc) is 3.44. The van der Waals surface area contributed by atoms with Crippen molar-refractivity contribution in [3.8, 4) is 11.5 Å². The first kappa shape index (κ1) is 29.9. The van der Waals surface area contributed by atoms with Crippen LogP contribution < -0.4 is 20.4 Å². The molecule has 4 N–H and O–H groups in total. The van der Waals surface area contributed by atoms with Gasteiger partial charge in [0.05, 0.1) is 32.3 Å². The van der Waals surface area contributed by atoms with Crippen LogP contribution in [0.4, 0.5) is 0 Å². The van der Waals surface area contributed by atoms with Crippen LogP contribution in [0.1, 0.15) is 59.5 Å². The second-order valence-corrected chi connectivity index (χ2v) is 11.5. The number of methoxy groups -OCH3 is 1. The summed E-state index contributed by atoms with van der Waals surface area (Å²) in [6.07, 6.45) is 3.38. The summed E-state index contributed by atoms with van der Waals surface area (Å²) < 4.78 is 17.4. The van der Waals surface area contributed by atoms with Crippen LogP contribution in [0, 0.1) is 0 Å². The van der Waals surface area contributed by atoms with Crippen molar-refractivity contribution in [3.63, 3.8) is 0 Å². The maximum absolute atomic E-state index is 14.4. The number of amides is 2. The lowest BCUT2D eigenvalue weighted by molar-refractivity contribution is -0.118. The molecule has 2 amide bonds. The second kappa shape index (κ2) is 12.4. The number of ether oxygens (including phenoxy) is 2. The first-order valence-electron chi connectivity index (χ1n) is 15.0. The zero-order valence-corrected chi connectivity index (χ0v) is 24.4. The Kier molecular flexibility index (Phi) is 8.44. The topological polar surface area (TPSA) is 159 Å². The summed E-state index contributed by atoms with van der Waals surface area (Å²) >= 11 is 0. The minimum absolute atomic E-state index is 0.00208. The summed E-state index contributed by atoms with van der Waals surface area (Å²) in [5.41, 5.74) is 0.760. The molecule has 2 aromatic carbocycles. The molecule has 44 heavy (non-hydrogen) atoms. The highest BCUT2D eigenvalue weighted by Crippen LogP contribution is 2.51. The van der Waals surface area contributed by atoms with Crippen molar-refractivity contribution in [2.45, 2.75) is 68.9 Å². The van der Waals surface area contributed by atoms with Gasteiger partial charge in [0, 0.05) is 29.1 Å². The van der Waals surface area contributed by atoms with E-state index in [1.165, 1.54) is 18.1 Å². The zero-order chi connectivity index (χ0) is 31.0. The van der Waals surface area contributed by atoms with Gasteiger partial charge in [0.2, 0.25) is 5.91 Å². The van der Waals surface area contributed by atoms with Crippen LogP contribution in [0.5, 0.6) is 11.5 Å². The van der Waals surface area contributed by atoms with Gasteiger partial charge in [-0.25, -0.2) is 4.79 Å². The van der Waals surface area contributed by atoms with Gasteiger partial charge in [-0.15, -0.1) is 0 Å². The molecule has 6 rings (SSSR count). The van der Waals surface area contributed by atoms with E-state index in [0.29, 0.717) is 46.4 Å². The normalized spacial score (nSPS) is 22.9. The van der Waals surface area contributed by atoms with E-state index in [4.69, 9.17) is 13.9 Å². The Labute approximate surface area is 253 Å². The zero-order valence-electron chi connectivity index (χ0n) is 24.4. The predicted octanol–water partition coefficient (Wildman–Crippen LogP) is 2.39. The molecule has 0 bridgehead atoms. The van der Waals surface area contributed by atoms with Crippen molar-refractivity contribution in [1.82, 2.24) is 10.2 Å². The number of hydrogen-bond donors (Lipinski definition) is 4. The van der Waals surface area contributed by atoms with Crippen molar-refractivity contribution in [3.05, 3.63) is 81.2 Å². The molecule has 4 atom stereocenters. The van der Waals surface area contributed by atoms with Gasteiger partial charge in [-0.1, -0.05) is 37.5 Å². The smallest absolute Gasteiger partial charge is 0.349 e. The molecule has 3 aromatic rings. The van der Waals surface area contributed by atoms with Gasteiger partial charge in [0.15, 0.2) is 11.5 Å². The van der Waals surface area contributed by atoms with Crippen molar-refractivity contribution in [2.24, 2.45) is 0 Å². The maximum atomic E-state index is 14.4. The van der Waals surface area contributed by atoms with Gasteiger partial charge in [-0.3, -0.25) is 9.59 Å². The molecule has 0 saturated heterocycles. The van der Waals surface area contributed by atoms with Crippen LogP contribution >= 0.6 is 0 Å². The number of carbonyl (C=O) groups is 2. The van der Waals surface area contributed by atoms with Crippen LogP contribution in [-0.2, 0) is 11.4 Å². The van der Waals surface area contributed by atoms with E-state index in [-0.39, 0.29) is 36.9 Å². The van der Waals surface area contributed by atoms with Crippen molar-refractivity contribution >= 4 is 22.8 Å². The molecule has 1 saturated carbocycles. The van der Waals surface area contributed by atoms with Gasteiger partial charge < -0.3 is 39.4 Å². The number of nitrogens with zero attached hydrogens (tertiary/aromatic N) is 1. The molecule has 1 aromatic heterocycles. The Hall–Kier alpha value is -4.19. The fraction of sp³-hybridized carbons (Fsp3) is 0.424. The third-order valence-electron chi connectivity index (χ3n) is 8.89. The third-order valence-corrected chi connectivity index (χ3v) is 8.89. The Bertz CT molecular complexity index is 1660. The predicted molar refractivity (Wildman–Crippen MR) is 160 cm³/mol. The molecule has 232 valence electrons. The number of hydrogen-bond acceptors (Lipinski definition) is 9. The SMILES string of the molecule is COc1cc(CO)cc2c1O[C@@H]1[C@@H](O)[C@H](N(C(=O)c3cc4ccccc4oc3=O)C3CCCCC3)C=C(C(=O)NCCO)[C@H]21. The number of nitrogens with one attached hydrogen (secondary N) is 1. The number of carbonyl (C=O) groups excluding carboxylic acids is 2. The van der Waals surface area contributed by atoms with Crippen LogP contribution in [-0.4, -0.2) is 76.6 Å². The molecule has 3 aliphatic rings. The lowest BCUT2D eigenvalue weighted by Gasteiger charge is -2.45. The Balaban J connectivity index is 1.49. The molecular formula is C33H36N2O9. The lowest BCUT2D eigenvalue weighted by atomic mass is 9.76. The molecule has 11 nitrogen and oxygen atoms in total. The monoisotopic (exact) mass is 604 g/mol. The maximum Gasteiger partial charge on any atom is 0.349 e. The van der Waals surface area contributed by atoms with E-state index in [1.54, 1.807) is 42.5 Å². The number of rotatable bonds is 8. The summed E-state index contributed by atoms with van der Waals surface area (Å²) in [7, 11) is 1.46. The van der Waals surface area contributed by atoms with Crippen molar-refractivity contribution in [1.29, 1.82) is 0 Å². The number of fused-ring (bicyclic) bond motifs is 4. The van der Waals surface area contributed by atoms with E-state index < -0.39 is 41.6 Å². The fourth-order valence-corrected chi connectivity index (χ4v) is 6.84. The summed E-state index contributed by atoms with van der Waals surface area (Å²) in [5.74, 6) is -1.15. The van der Waals surface area contributed by atoms with E-state index in [2.05, 4.69) is 5.32 Å². The highest BCUT2D eigenvalue weighted by Gasteiger charge is 2.52. The summed E-state index contributed by atoms with van der Waals surface area (Å²) in [4.78, 5) is 42.7. The fourth-order valence-electron chi connectivity index (χ4n) is 6.84. The molecule has 2 heterocycles. The highest BCUT2D eigenvalue weighted by atomic mass is 16.5. The number of para-hydroxylation sites is 1. The van der Waals surface area contributed by atoms with E-state index in [0.717, 1.165) is 19.3 Å². The van der Waals surface area contributed by atoms with E-state index >= 15 is 0 Å². The first-order valence-corrected chi connectivity index (χ1v) is 15.0. The minimum Gasteiger partial charge on any atom is -0.493 e. The molecule has 11 heteroatoms. The Morgan fingerprint density at radius 3 is 2.59 bits per heavy atom. The van der Waals surface area contributed by atoms with Crippen LogP contribution in [0.3, 0.4) is 0 Å². The quantitative estimate of drug-likeness (QED) is 0.283. The van der Waals surface area contributed by atoms with Gasteiger partial charge in [-0.05, 0) is 48.7 Å². The van der Waals surface area contributed by atoms with Crippen LogP contribution in [0.15, 0.2) is 63.3 Å². The number of aliphatic hydroxyl groups excluding tert-OH is 3. The lowest BCUT2D eigenvalue weighted by Crippen LogP contribution is -2.59. The largest absolute Gasteiger partial charge is 0.493 e. The van der Waals surface area contributed by atoms with Gasteiger partial charge in [-0.2, -0.15) is 0 Å². The van der Waals surface area contributed by atoms with E-state index in [1.807, 2.05) is 0 Å². The Morgan fingerprint density at radius 2 is 1.86 bits per heavy atom. The van der Waals surface area contributed by atoms with Gasteiger partial charge >= 0.3 is 5.63 Å². The number of benzene rings is 2. The molecule has 1 aliphatic heterocycles. The average molecular weight is 605 g/mol. The number of aliphatic hydroxyl groups is 3. The van der Waals surface area contributed by atoms with E-state index in [9.17, 15) is 29.7 Å². The summed E-state index contributed by atoms with van der Waals surface area (Å²) in [6, 6.07) is 10.5. The molecule has 0 spiro atoms. The summed E-state index contributed by atoms with van der Waals surface area (Å²) in [5, 5.41) is 34.6. The Morgan fingerprint density at radius 1 is 1.09 bits per heavy atom. The molecule has 0 radical (unpaired) electrons. The first-order chi connectivity index (χ1) is 21.4. The standard InChI is InChI=1S/C33H36N2O9/c1-42-26-14-18(17-37)13-21-27-22(31(39)34-11-12-36)16-24(28(38)30(27)44-29(21)26)35(20-8-3-2-4-9-20)32(40)23-15-19-7-5-6-10-25(19)43-33(23)41/h5-7,10,13-16,20,24,27-28,30,36-38H,2-4,8-9,11-12,17H2,1H3,(H,34,39)/t24-,27+,28+,30+/m1/s1. The second-order valence-electron chi connectivity index (χ2n) is 11.5. The molecular weight excluding hydrogens is 568 g/mol. The molecule has 0 unspecified atom stereocenters. The van der Waals surface area contributed by atoms with Crippen molar-refractivity contribution in [2.75, 3.05) is 20.3 Å². The molecule has 2 aliphatic carbocycles. The van der Waals surface area contributed by atoms with Crippen LogP contribution in [0.25, 0.3) is 11.0 Å². The highest BCUT2D eigenvalue weighted by molar-refractivity contribution is 5.99. The van der Waals surface area contributed by atoms with Crippen molar-refractivity contribution < 1.29 is 38.8 Å². The minimum atomic E-state index is -1.29.